The molecule has 0 radical (unpaired) electrons. The lowest BCUT2D eigenvalue weighted by Gasteiger charge is -1.94. The highest BCUT2D eigenvalue weighted by Crippen LogP contribution is 2.30. The van der Waals surface area contributed by atoms with Gasteiger partial charge in [-0.05, 0) is 38.5 Å². The first-order valence-corrected chi connectivity index (χ1v) is 5.42. The van der Waals surface area contributed by atoms with E-state index in [1.807, 2.05) is 0 Å². The first-order valence-electron chi connectivity index (χ1n) is 5.42. The van der Waals surface area contributed by atoms with Crippen molar-refractivity contribution < 1.29 is 4.74 Å². The molecule has 1 fully saturated rings. The number of hydrogen-bond donors (Lipinski definition) is 0. The molecule has 0 spiro atoms. The molecule has 0 amide bonds. The summed E-state index contributed by atoms with van der Waals surface area (Å²) < 4.78 is 5.56. The van der Waals surface area contributed by atoms with Crippen LogP contribution in [-0.4, -0.2) is 12.2 Å². The number of epoxide rings is 1. The predicted molar refractivity (Wildman–Crippen MR) is 54.6 cm³/mol. The van der Waals surface area contributed by atoms with Gasteiger partial charge in [-0.1, -0.05) is 24.3 Å². The molecule has 0 aromatic rings. The Morgan fingerprint density at radius 1 is 0.692 bits per heavy atom. The second-order valence-corrected chi connectivity index (χ2v) is 3.89. The zero-order valence-corrected chi connectivity index (χ0v) is 8.11. The second-order valence-electron chi connectivity index (χ2n) is 3.89. The van der Waals surface area contributed by atoms with Crippen LogP contribution in [0.3, 0.4) is 0 Å². The van der Waals surface area contributed by atoms with Gasteiger partial charge in [0.15, 0.2) is 0 Å². The summed E-state index contributed by atoms with van der Waals surface area (Å²) in [7, 11) is 0. The van der Waals surface area contributed by atoms with Gasteiger partial charge in [-0.15, -0.1) is 0 Å². The van der Waals surface area contributed by atoms with Crippen LogP contribution in [-0.2, 0) is 4.74 Å². The van der Waals surface area contributed by atoms with E-state index in [2.05, 4.69) is 24.3 Å². The maximum absolute atomic E-state index is 5.56. The smallest absolute Gasteiger partial charge is 0.0845 e. The Morgan fingerprint density at radius 2 is 1.15 bits per heavy atom. The molecule has 0 saturated carbocycles. The van der Waals surface area contributed by atoms with Crippen LogP contribution in [0.4, 0.5) is 0 Å². The summed E-state index contributed by atoms with van der Waals surface area (Å²) in [6.45, 7) is 0. The molecular weight excluding hydrogens is 160 g/mol. The van der Waals surface area contributed by atoms with Gasteiger partial charge in [-0.25, -0.2) is 0 Å². The molecule has 0 aromatic heterocycles. The lowest BCUT2D eigenvalue weighted by molar-refractivity contribution is 0.357. The fourth-order valence-electron chi connectivity index (χ4n) is 1.87. The maximum atomic E-state index is 5.56. The van der Waals surface area contributed by atoms with E-state index in [0.717, 1.165) is 0 Å². The third kappa shape index (κ3) is 3.00. The van der Waals surface area contributed by atoms with Gasteiger partial charge in [-0.3, -0.25) is 0 Å². The fourth-order valence-corrected chi connectivity index (χ4v) is 1.87. The monoisotopic (exact) mass is 178 g/mol. The minimum absolute atomic E-state index is 0.581. The van der Waals surface area contributed by atoms with Crippen molar-refractivity contribution in [3.05, 3.63) is 24.3 Å². The van der Waals surface area contributed by atoms with Crippen molar-refractivity contribution in [3.63, 3.8) is 0 Å². The van der Waals surface area contributed by atoms with Gasteiger partial charge in [0, 0.05) is 0 Å². The van der Waals surface area contributed by atoms with Crippen LogP contribution < -0.4 is 0 Å². The Bertz CT molecular complexity index is 183. The molecule has 2 aliphatic rings. The number of ether oxygens (including phenoxy) is 1. The fraction of sp³-hybridized carbons (Fsp3) is 0.667. The minimum atomic E-state index is 0.581. The first-order chi connectivity index (χ1) is 6.47. The van der Waals surface area contributed by atoms with E-state index in [9.17, 15) is 0 Å². The molecule has 72 valence electrons. The zero-order valence-electron chi connectivity index (χ0n) is 8.11. The third-order valence-electron chi connectivity index (χ3n) is 2.76. The quantitative estimate of drug-likeness (QED) is 0.410. The standard InChI is InChI=1S/C12H18O/c1-2-4-6-8-10-12-11(13-12)9-7-5-3-1/h3-6,11-12H,1-2,7-10H2/t11-,12+. The Hall–Kier alpha value is -0.560. The molecule has 1 saturated heterocycles. The van der Waals surface area contributed by atoms with Crippen molar-refractivity contribution >= 4 is 0 Å². The summed E-state index contributed by atoms with van der Waals surface area (Å²) in [6.07, 6.45) is 17.6. The first kappa shape index (κ1) is 9.01. The van der Waals surface area contributed by atoms with Crippen LogP contribution >= 0.6 is 0 Å². The topological polar surface area (TPSA) is 12.5 Å². The number of hydrogen-bond acceptors (Lipinski definition) is 1. The molecule has 0 bridgehead atoms. The number of allylic oxidation sites excluding steroid dienone is 4. The van der Waals surface area contributed by atoms with Crippen molar-refractivity contribution in [1.29, 1.82) is 0 Å². The molecular formula is C12H18O. The maximum Gasteiger partial charge on any atom is 0.0845 e. The highest BCUT2D eigenvalue weighted by molar-refractivity contribution is 4.94. The van der Waals surface area contributed by atoms with Crippen LogP contribution in [0.25, 0.3) is 0 Å². The molecule has 1 heteroatoms. The average Bonchev–Trinajstić information content (AvgIpc) is 2.83. The van der Waals surface area contributed by atoms with Crippen LogP contribution in [0.1, 0.15) is 38.5 Å². The third-order valence-corrected chi connectivity index (χ3v) is 2.76. The van der Waals surface area contributed by atoms with E-state index in [1.54, 1.807) is 0 Å². The van der Waals surface area contributed by atoms with E-state index in [4.69, 9.17) is 4.74 Å². The molecule has 1 aliphatic carbocycles. The lowest BCUT2D eigenvalue weighted by atomic mass is 10.1. The highest BCUT2D eigenvalue weighted by Gasteiger charge is 2.36. The van der Waals surface area contributed by atoms with Gasteiger partial charge in [0.05, 0.1) is 12.2 Å². The SMILES string of the molecule is C1=CCC[C@@H]2O[C@@H]2CCC=CCC1. The largest absolute Gasteiger partial charge is 0.370 e. The molecule has 0 aromatic carbocycles. The van der Waals surface area contributed by atoms with Gasteiger partial charge >= 0.3 is 0 Å². The molecule has 1 heterocycles. The van der Waals surface area contributed by atoms with Crippen LogP contribution in [0.15, 0.2) is 24.3 Å². The van der Waals surface area contributed by atoms with Crippen LogP contribution in [0.5, 0.6) is 0 Å². The Morgan fingerprint density at radius 3 is 1.69 bits per heavy atom. The van der Waals surface area contributed by atoms with Crippen molar-refractivity contribution in [2.45, 2.75) is 50.7 Å². The van der Waals surface area contributed by atoms with Crippen LogP contribution in [0.2, 0.25) is 0 Å². The van der Waals surface area contributed by atoms with Gasteiger partial charge in [-0.2, -0.15) is 0 Å². The van der Waals surface area contributed by atoms with E-state index < -0.39 is 0 Å². The Kier molecular flexibility index (Phi) is 3.20. The van der Waals surface area contributed by atoms with Crippen molar-refractivity contribution in [1.82, 2.24) is 0 Å². The van der Waals surface area contributed by atoms with Gasteiger partial charge in [0.2, 0.25) is 0 Å². The molecule has 13 heavy (non-hydrogen) atoms. The van der Waals surface area contributed by atoms with Crippen molar-refractivity contribution in [3.8, 4) is 0 Å². The molecule has 0 N–H and O–H groups in total. The molecule has 0 unspecified atom stereocenters. The van der Waals surface area contributed by atoms with Crippen molar-refractivity contribution in [2.24, 2.45) is 0 Å². The molecule has 2 atom stereocenters. The zero-order chi connectivity index (χ0) is 8.93. The summed E-state index contributed by atoms with van der Waals surface area (Å²) in [5.41, 5.74) is 0. The van der Waals surface area contributed by atoms with Gasteiger partial charge in [0.1, 0.15) is 0 Å². The highest BCUT2D eigenvalue weighted by atomic mass is 16.6. The summed E-state index contributed by atoms with van der Waals surface area (Å²) in [5, 5.41) is 0. The number of rotatable bonds is 0. The van der Waals surface area contributed by atoms with Gasteiger partial charge < -0.3 is 4.74 Å². The molecule has 2 rings (SSSR count). The second kappa shape index (κ2) is 4.61. The van der Waals surface area contributed by atoms with E-state index in [1.165, 1.54) is 38.5 Å². The predicted octanol–water partition coefficient (Wildman–Crippen LogP) is 3.22. The Balaban J connectivity index is 1.80. The summed E-state index contributed by atoms with van der Waals surface area (Å²) in [6, 6.07) is 0. The summed E-state index contributed by atoms with van der Waals surface area (Å²) in [5.74, 6) is 0. The molecule has 1 aliphatic heterocycles. The minimum Gasteiger partial charge on any atom is -0.370 e. The van der Waals surface area contributed by atoms with Crippen LogP contribution in [0, 0.1) is 0 Å². The van der Waals surface area contributed by atoms with E-state index >= 15 is 0 Å². The van der Waals surface area contributed by atoms with E-state index in [-0.39, 0.29) is 0 Å². The Labute approximate surface area is 80.5 Å². The number of fused-ring (bicyclic) bond motifs is 1. The van der Waals surface area contributed by atoms with Gasteiger partial charge in [0.25, 0.3) is 0 Å². The summed E-state index contributed by atoms with van der Waals surface area (Å²) in [4.78, 5) is 0. The van der Waals surface area contributed by atoms with Crippen molar-refractivity contribution in [2.75, 3.05) is 0 Å². The normalized spacial score (nSPS) is 34.5. The average molecular weight is 178 g/mol. The molecule has 1 nitrogen and oxygen atoms in total. The summed E-state index contributed by atoms with van der Waals surface area (Å²) >= 11 is 0. The van der Waals surface area contributed by atoms with E-state index in [0.29, 0.717) is 12.2 Å². The lowest BCUT2D eigenvalue weighted by Crippen LogP contribution is -1.93.